The van der Waals surface area contributed by atoms with Gasteiger partial charge in [-0.1, -0.05) is 29.8 Å². The number of pyridine rings is 1. The van der Waals surface area contributed by atoms with Crippen molar-refractivity contribution >= 4 is 61.3 Å². The van der Waals surface area contributed by atoms with Crippen LogP contribution in [0.2, 0.25) is 0 Å². The van der Waals surface area contributed by atoms with Gasteiger partial charge in [-0.25, -0.2) is 9.97 Å². The lowest BCUT2D eigenvalue weighted by atomic mass is 10.2. The van der Waals surface area contributed by atoms with Crippen LogP contribution in [0.3, 0.4) is 0 Å². The second kappa shape index (κ2) is 11.3. The number of rotatable bonds is 8. The molecule has 37 heavy (non-hydrogen) atoms. The molecule has 0 spiro atoms. The number of nitro groups is 1. The monoisotopic (exact) mass is 677 g/mol. The van der Waals surface area contributed by atoms with E-state index in [0.717, 1.165) is 10.7 Å². The summed E-state index contributed by atoms with van der Waals surface area (Å²) >= 11 is 5.51. The maximum Gasteiger partial charge on any atom is 0.287 e. The Morgan fingerprint density at radius 1 is 1.24 bits per heavy atom. The second-order valence-corrected chi connectivity index (χ2v) is 10.2. The van der Waals surface area contributed by atoms with Crippen LogP contribution >= 0.6 is 38.5 Å². The van der Waals surface area contributed by atoms with Crippen molar-refractivity contribution in [2.75, 3.05) is 6.61 Å². The molecule has 0 aliphatic rings. The molecule has 4 aromatic rings. The Balaban J connectivity index is 1.73. The Morgan fingerprint density at radius 3 is 2.68 bits per heavy atom. The summed E-state index contributed by atoms with van der Waals surface area (Å²) in [5.41, 5.74) is 0.881. The molecule has 0 saturated carbocycles. The normalized spacial score (nSPS) is 11.4. The van der Waals surface area contributed by atoms with Crippen LogP contribution in [0.4, 0.5) is 5.69 Å². The van der Waals surface area contributed by atoms with Crippen molar-refractivity contribution in [2.45, 2.75) is 26.7 Å². The topological polar surface area (TPSA) is 122 Å². The first kappa shape index (κ1) is 26.7. The minimum absolute atomic E-state index is 0.0398. The van der Waals surface area contributed by atoms with Crippen molar-refractivity contribution in [3.63, 3.8) is 0 Å². The van der Waals surface area contributed by atoms with Crippen LogP contribution < -0.4 is 15.0 Å². The lowest BCUT2D eigenvalue weighted by Gasteiger charge is -2.14. The van der Waals surface area contributed by atoms with E-state index >= 15 is 0 Å². The lowest BCUT2D eigenvalue weighted by Crippen LogP contribution is -2.23. The van der Waals surface area contributed by atoms with Gasteiger partial charge in [0, 0.05) is 22.5 Å². The quantitative estimate of drug-likeness (QED) is 0.0933. The lowest BCUT2D eigenvalue weighted by molar-refractivity contribution is -0.385. The van der Waals surface area contributed by atoms with Crippen molar-refractivity contribution in [3.8, 4) is 17.4 Å². The minimum atomic E-state index is -0.528. The van der Waals surface area contributed by atoms with E-state index < -0.39 is 4.92 Å². The number of aromatic nitrogens is 3. The maximum atomic E-state index is 13.3. The van der Waals surface area contributed by atoms with Gasteiger partial charge in [0.15, 0.2) is 11.5 Å². The molecule has 0 amide bonds. The van der Waals surface area contributed by atoms with E-state index in [9.17, 15) is 14.9 Å². The molecule has 4 rings (SSSR count). The summed E-state index contributed by atoms with van der Waals surface area (Å²) in [6.07, 6.45) is 2.70. The molecule has 0 bridgehead atoms. The van der Waals surface area contributed by atoms with E-state index in [4.69, 9.17) is 9.47 Å². The molecule has 0 saturated heterocycles. The molecule has 0 atom stereocenters. The average molecular weight is 678 g/mol. The van der Waals surface area contributed by atoms with E-state index in [1.807, 2.05) is 32.9 Å². The van der Waals surface area contributed by atoms with Gasteiger partial charge in [-0.05, 0) is 65.4 Å². The van der Waals surface area contributed by atoms with E-state index in [0.29, 0.717) is 44.0 Å². The van der Waals surface area contributed by atoms with Gasteiger partial charge in [0.2, 0.25) is 5.88 Å². The average Bonchev–Trinajstić information content (AvgIpc) is 2.86. The van der Waals surface area contributed by atoms with Crippen molar-refractivity contribution < 1.29 is 14.4 Å². The largest absolute Gasteiger partial charge is 0.490 e. The Morgan fingerprint density at radius 2 is 2.03 bits per heavy atom. The van der Waals surface area contributed by atoms with Crippen LogP contribution in [0.5, 0.6) is 17.4 Å². The smallest absolute Gasteiger partial charge is 0.287 e. The van der Waals surface area contributed by atoms with Gasteiger partial charge >= 0.3 is 0 Å². The van der Waals surface area contributed by atoms with Crippen LogP contribution in [0.15, 0.2) is 63.0 Å². The highest BCUT2D eigenvalue weighted by atomic mass is 127. The second-order valence-electron chi connectivity index (χ2n) is 8.12. The molecule has 10 nitrogen and oxygen atoms in total. The third-order valence-electron chi connectivity index (χ3n) is 5.14. The zero-order valence-corrected chi connectivity index (χ0v) is 23.8. The van der Waals surface area contributed by atoms with Gasteiger partial charge < -0.3 is 9.47 Å². The number of ether oxygens (including phenoxy) is 2. The maximum absolute atomic E-state index is 13.3. The Kier molecular flexibility index (Phi) is 8.17. The highest BCUT2D eigenvalue weighted by Gasteiger charge is 2.16. The number of hydrogen-bond donors (Lipinski definition) is 0. The Hall–Kier alpha value is -3.39. The molecular weight excluding hydrogens is 657 g/mol. The van der Waals surface area contributed by atoms with E-state index in [1.54, 1.807) is 24.4 Å². The SMILES string of the molecule is CCOc1cc(C=Nn2c(C(C)C)nc3ccc(Br)cc3c2=O)cc(I)c1Oc1ccc([N+](=O)[O-])cn1. The zero-order valence-electron chi connectivity index (χ0n) is 20.0. The minimum Gasteiger partial charge on any atom is -0.490 e. The number of nitrogens with zero attached hydrogens (tertiary/aromatic N) is 5. The Bertz CT molecular complexity index is 1570. The highest BCUT2D eigenvalue weighted by molar-refractivity contribution is 14.1. The van der Waals surface area contributed by atoms with Crippen molar-refractivity contribution in [2.24, 2.45) is 5.10 Å². The fourth-order valence-electron chi connectivity index (χ4n) is 3.45. The van der Waals surface area contributed by atoms with E-state index in [-0.39, 0.29) is 23.0 Å². The summed E-state index contributed by atoms with van der Waals surface area (Å²) < 4.78 is 14.5. The van der Waals surface area contributed by atoms with E-state index in [2.05, 4.69) is 53.6 Å². The van der Waals surface area contributed by atoms with Gasteiger partial charge in [0.1, 0.15) is 12.0 Å². The number of benzene rings is 2. The third-order valence-corrected chi connectivity index (χ3v) is 6.44. The summed E-state index contributed by atoms with van der Waals surface area (Å²) in [5.74, 6) is 1.54. The zero-order chi connectivity index (χ0) is 26.7. The van der Waals surface area contributed by atoms with Crippen molar-refractivity contribution in [1.82, 2.24) is 14.6 Å². The summed E-state index contributed by atoms with van der Waals surface area (Å²) in [6, 6.07) is 11.7. The van der Waals surface area contributed by atoms with Gasteiger partial charge in [0.05, 0.1) is 32.2 Å². The van der Waals surface area contributed by atoms with Crippen LogP contribution in [-0.2, 0) is 0 Å². The van der Waals surface area contributed by atoms with Crippen LogP contribution in [0, 0.1) is 13.7 Å². The van der Waals surface area contributed by atoms with Gasteiger partial charge in [-0.15, -0.1) is 0 Å². The van der Waals surface area contributed by atoms with Crippen molar-refractivity contribution in [3.05, 3.63) is 88.6 Å². The molecule has 190 valence electrons. The molecule has 0 unspecified atom stereocenters. The molecule has 2 aromatic carbocycles. The number of halogens is 2. The molecule has 12 heteroatoms. The predicted molar refractivity (Wildman–Crippen MR) is 152 cm³/mol. The molecule has 2 aromatic heterocycles. The summed E-state index contributed by atoms with van der Waals surface area (Å²) in [5, 5.41) is 15.8. The van der Waals surface area contributed by atoms with Crippen LogP contribution in [-0.4, -0.2) is 32.4 Å². The molecule has 0 radical (unpaired) electrons. The molecule has 0 aliphatic carbocycles. The molecule has 0 fully saturated rings. The summed E-state index contributed by atoms with van der Waals surface area (Å²) in [7, 11) is 0. The van der Waals surface area contributed by atoms with Gasteiger partial charge in [-0.3, -0.25) is 14.9 Å². The van der Waals surface area contributed by atoms with Crippen molar-refractivity contribution in [1.29, 1.82) is 0 Å². The summed E-state index contributed by atoms with van der Waals surface area (Å²) in [6.45, 7) is 6.12. The van der Waals surface area contributed by atoms with Crippen LogP contribution in [0.1, 0.15) is 38.1 Å². The fourth-order valence-corrected chi connectivity index (χ4v) is 4.54. The van der Waals surface area contributed by atoms with E-state index in [1.165, 1.54) is 16.8 Å². The first-order chi connectivity index (χ1) is 17.7. The first-order valence-corrected chi connectivity index (χ1v) is 13.1. The standard InChI is InChI=1S/C25H21BrIN5O5/c1-4-36-21-10-15(9-19(27)23(21)37-22-8-6-17(13-28-22)32(34)35)12-29-31-24(14(2)3)30-20-7-5-16(26)11-18(20)25(31)33/h5-14H,4H2,1-3H3. The number of fused-ring (bicyclic) bond motifs is 1. The predicted octanol–water partition coefficient (Wildman–Crippen LogP) is 6.26. The molecule has 0 aliphatic heterocycles. The number of hydrogen-bond acceptors (Lipinski definition) is 8. The first-order valence-electron chi connectivity index (χ1n) is 11.2. The highest BCUT2D eigenvalue weighted by Crippen LogP contribution is 2.37. The van der Waals surface area contributed by atoms with Crippen LogP contribution in [0.25, 0.3) is 10.9 Å². The molecular formula is C25H21BrIN5O5. The fraction of sp³-hybridized carbons (Fsp3) is 0.200. The molecule has 0 N–H and O–H groups in total. The Labute approximate surface area is 233 Å². The molecule has 2 heterocycles. The summed E-state index contributed by atoms with van der Waals surface area (Å²) in [4.78, 5) is 32.3. The van der Waals surface area contributed by atoms with Gasteiger partial charge in [-0.2, -0.15) is 9.78 Å². The third kappa shape index (κ3) is 5.96. The van der Waals surface area contributed by atoms with Gasteiger partial charge in [0.25, 0.3) is 11.2 Å².